The smallest absolute Gasteiger partial charge is 0.336 e. The number of hydrogen-bond acceptors (Lipinski definition) is 7. The number of carbonyl (C=O) groups is 3. The Kier molecular flexibility index (Phi) is 6.54. The Morgan fingerprint density at radius 3 is 2.35 bits per heavy atom. The number of dihydropyridines is 1. The SMILES string of the molecule is COC(=O)C1=C(C)NC2=C(C(=O)CC(c3ccccc3OC)C2)C1c1ccc(OC(C)=O)cc1. The molecular weight excluding hydrogens is 434 g/mol. The van der Waals surface area contributed by atoms with Crippen molar-refractivity contribution in [1.29, 1.82) is 0 Å². The molecule has 2 unspecified atom stereocenters. The van der Waals surface area contributed by atoms with Crippen molar-refractivity contribution < 1.29 is 28.6 Å². The molecule has 1 heterocycles. The summed E-state index contributed by atoms with van der Waals surface area (Å²) in [6.45, 7) is 3.14. The first kappa shape index (κ1) is 23.3. The molecule has 2 aliphatic rings. The first-order valence-electron chi connectivity index (χ1n) is 11.1. The van der Waals surface area contributed by atoms with Crippen LogP contribution in [-0.2, 0) is 19.1 Å². The number of methoxy groups -OCH3 is 2. The average Bonchev–Trinajstić information content (AvgIpc) is 2.82. The van der Waals surface area contributed by atoms with E-state index < -0.39 is 17.9 Å². The molecule has 7 heteroatoms. The van der Waals surface area contributed by atoms with Gasteiger partial charge in [-0.1, -0.05) is 30.3 Å². The van der Waals surface area contributed by atoms with Crippen molar-refractivity contribution in [2.75, 3.05) is 14.2 Å². The molecule has 7 nitrogen and oxygen atoms in total. The number of hydrogen-bond donors (Lipinski definition) is 1. The van der Waals surface area contributed by atoms with Crippen molar-refractivity contribution in [3.63, 3.8) is 0 Å². The van der Waals surface area contributed by atoms with E-state index in [1.165, 1.54) is 14.0 Å². The third kappa shape index (κ3) is 4.33. The minimum Gasteiger partial charge on any atom is -0.496 e. The Labute approximate surface area is 198 Å². The summed E-state index contributed by atoms with van der Waals surface area (Å²) in [4.78, 5) is 37.7. The fourth-order valence-corrected chi connectivity index (χ4v) is 4.87. The zero-order chi connectivity index (χ0) is 24.4. The third-order valence-electron chi connectivity index (χ3n) is 6.29. The number of ether oxygens (including phenoxy) is 3. The van der Waals surface area contributed by atoms with E-state index in [1.807, 2.05) is 31.2 Å². The van der Waals surface area contributed by atoms with Crippen LogP contribution in [-0.4, -0.2) is 31.9 Å². The van der Waals surface area contributed by atoms with E-state index >= 15 is 0 Å². The second-order valence-corrected chi connectivity index (χ2v) is 8.41. The minimum atomic E-state index is -0.582. The van der Waals surface area contributed by atoms with E-state index in [1.54, 1.807) is 31.4 Å². The molecule has 0 bridgehead atoms. The van der Waals surface area contributed by atoms with Crippen LogP contribution in [0, 0.1) is 0 Å². The molecule has 0 saturated heterocycles. The van der Waals surface area contributed by atoms with Crippen LogP contribution in [0.25, 0.3) is 0 Å². The summed E-state index contributed by atoms with van der Waals surface area (Å²) < 4.78 is 15.7. The van der Waals surface area contributed by atoms with Gasteiger partial charge in [-0.3, -0.25) is 9.59 Å². The van der Waals surface area contributed by atoms with Gasteiger partial charge in [-0.2, -0.15) is 0 Å². The summed E-state index contributed by atoms with van der Waals surface area (Å²) in [5.74, 6) is -0.435. The quantitative estimate of drug-likeness (QED) is 0.528. The van der Waals surface area contributed by atoms with Crippen molar-refractivity contribution in [2.24, 2.45) is 0 Å². The molecule has 2 aromatic rings. The van der Waals surface area contributed by atoms with E-state index in [0.29, 0.717) is 35.4 Å². The van der Waals surface area contributed by atoms with Gasteiger partial charge in [0.1, 0.15) is 11.5 Å². The number of esters is 2. The number of allylic oxidation sites excluding steroid dienone is 3. The summed E-state index contributed by atoms with van der Waals surface area (Å²) >= 11 is 0. The second-order valence-electron chi connectivity index (χ2n) is 8.41. The van der Waals surface area contributed by atoms with Gasteiger partial charge in [0.15, 0.2) is 5.78 Å². The van der Waals surface area contributed by atoms with E-state index in [4.69, 9.17) is 14.2 Å². The molecule has 0 aromatic heterocycles. The predicted octanol–water partition coefficient (Wildman–Crippen LogP) is 4.16. The zero-order valence-corrected chi connectivity index (χ0v) is 19.6. The van der Waals surface area contributed by atoms with Crippen LogP contribution >= 0.6 is 0 Å². The Morgan fingerprint density at radius 1 is 1.00 bits per heavy atom. The van der Waals surface area contributed by atoms with Gasteiger partial charge in [-0.25, -0.2) is 4.79 Å². The first-order chi connectivity index (χ1) is 16.3. The van der Waals surface area contributed by atoms with E-state index in [-0.39, 0.29) is 11.7 Å². The standard InChI is InChI=1S/C27H27NO6/c1-15-24(27(31)33-4)25(17-9-11-19(12-10-17)34-16(2)29)26-21(28-15)13-18(14-22(26)30)20-7-5-6-8-23(20)32-3/h5-12,18,25,28H,13-14H2,1-4H3. The van der Waals surface area contributed by atoms with E-state index in [9.17, 15) is 14.4 Å². The zero-order valence-electron chi connectivity index (χ0n) is 19.6. The number of nitrogens with one attached hydrogen (secondary N) is 1. The van der Waals surface area contributed by atoms with E-state index in [0.717, 1.165) is 22.6 Å². The van der Waals surface area contributed by atoms with Crippen molar-refractivity contribution >= 4 is 17.7 Å². The Morgan fingerprint density at radius 2 is 1.71 bits per heavy atom. The van der Waals surface area contributed by atoms with Gasteiger partial charge in [0.2, 0.25) is 0 Å². The van der Waals surface area contributed by atoms with Crippen LogP contribution in [0.1, 0.15) is 49.7 Å². The largest absolute Gasteiger partial charge is 0.496 e. The number of ketones is 1. The lowest BCUT2D eigenvalue weighted by Gasteiger charge is -2.36. The van der Waals surface area contributed by atoms with Crippen molar-refractivity contribution in [2.45, 2.75) is 38.5 Å². The number of para-hydroxylation sites is 1. The van der Waals surface area contributed by atoms with Gasteiger partial charge in [-0.05, 0) is 42.7 Å². The predicted molar refractivity (Wildman–Crippen MR) is 125 cm³/mol. The van der Waals surface area contributed by atoms with Gasteiger partial charge >= 0.3 is 11.9 Å². The Hall–Kier alpha value is -3.87. The molecule has 0 radical (unpaired) electrons. The maximum absolute atomic E-state index is 13.6. The van der Waals surface area contributed by atoms with Gasteiger partial charge in [0, 0.05) is 42.1 Å². The highest BCUT2D eigenvalue weighted by atomic mass is 16.5. The summed E-state index contributed by atoms with van der Waals surface area (Å²) in [6.07, 6.45) is 0.908. The lowest BCUT2D eigenvalue weighted by Crippen LogP contribution is -2.36. The molecule has 1 aliphatic carbocycles. The van der Waals surface area contributed by atoms with Crippen LogP contribution < -0.4 is 14.8 Å². The number of benzene rings is 2. The Bertz CT molecular complexity index is 1210. The lowest BCUT2D eigenvalue weighted by atomic mass is 9.71. The maximum Gasteiger partial charge on any atom is 0.336 e. The summed E-state index contributed by atoms with van der Waals surface area (Å²) in [7, 11) is 2.95. The fourth-order valence-electron chi connectivity index (χ4n) is 4.87. The van der Waals surface area contributed by atoms with Crippen LogP contribution in [0.5, 0.6) is 11.5 Å². The van der Waals surface area contributed by atoms with Crippen LogP contribution in [0.2, 0.25) is 0 Å². The van der Waals surface area contributed by atoms with Crippen molar-refractivity contribution in [3.8, 4) is 11.5 Å². The normalized spacial score (nSPS) is 19.8. The molecule has 0 amide bonds. The van der Waals surface area contributed by atoms with Gasteiger partial charge < -0.3 is 19.5 Å². The number of carbonyl (C=O) groups excluding carboxylic acids is 3. The molecule has 0 fully saturated rings. The molecule has 2 atom stereocenters. The third-order valence-corrected chi connectivity index (χ3v) is 6.29. The highest BCUT2D eigenvalue weighted by Gasteiger charge is 2.41. The van der Waals surface area contributed by atoms with Crippen LogP contribution in [0.15, 0.2) is 71.1 Å². The lowest BCUT2D eigenvalue weighted by molar-refractivity contribution is -0.136. The summed E-state index contributed by atoms with van der Waals surface area (Å²) in [6, 6.07) is 14.6. The molecule has 34 heavy (non-hydrogen) atoms. The van der Waals surface area contributed by atoms with Crippen LogP contribution in [0.3, 0.4) is 0 Å². The molecule has 2 aromatic carbocycles. The highest BCUT2D eigenvalue weighted by Crippen LogP contribution is 2.47. The molecule has 0 spiro atoms. The van der Waals surface area contributed by atoms with Gasteiger partial charge in [0.25, 0.3) is 0 Å². The van der Waals surface area contributed by atoms with Gasteiger partial charge in [-0.15, -0.1) is 0 Å². The fraction of sp³-hybridized carbons (Fsp3) is 0.296. The van der Waals surface area contributed by atoms with Gasteiger partial charge in [0.05, 0.1) is 19.8 Å². The second kappa shape index (κ2) is 9.55. The molecule has 4 rings (SSSR count). The van der Waals surface area contributed by atoms with Crippen LogP contribution in [0.4, 0.5) is 0 Å². The first-order valence-corrected chi connectivity index (χ1v) is 11.1. The van der Waals surface area contributed by atoms with Crippen molar-refractivity contribution in [1.82, 2.24) is 5.32 Å². The molecule has 0 saturated carbocycles. The molecule has 1 aliphatic heterocycles. The molecule has 1 N–H and O–H groups in total. The molecular formula is C27H27NO6. The van der Waals surface area contributed by atoms with E-state index in [2.05, 4.69) is 5.32 Å². The summed E-state index contributed by atoms with van der Waals surface area (Å²) in [5, 5.41) is 3.32. The monoisotopic (exact) mass is 461 g/mol. The average molecular weight is 462 g/mol. The molecule has 176 valence electrons. The van der Waals surface area contributed by atoms with Crippen molar-refractivity contribution in [3.05, 3.63) is 82.2 Å². The number of rotatable bonds is 5. The minimum absolute atomic E-state index is 0.0346. The summed E-state index contributed by atoms with van der Waals surface area (Å²) in [5.41, 5.74) is 4.13. The topological polar surface area (TPSA) is 90.9 Å². The number of Topliss-reactive ketones (excluding diaryl/α,β-unsaturated/α-hetero) is 1. The highest BCUT2D eigenvalue weighted by molar-refractivity contribution is 6.04. The maximum atomic E-state index is 13.6. The Balaban J connectivity index is 1.78.